The minimum atomic E-state index is -0.0173. The van der Waals surface area contributed by atoms with Crippen molar-refractivity contribution in [2.24, 2.45) is 0 Å². The van der Waals surface area contributed by atoms with Crippen LogP contribution in [0.2, 0.25) is 0 Å². The molecule has 26 heavy (non-hydrogen) atoms. The second-order valence-corrected chi connectivity index (χ2v) is 7.36. The average molecular weight is 389 g/mol. The highest BCUT2D eigenvalue weighted by Crippen LogP contribution is 2.33. The van der Waals surface area contributed by atoms with Crippen LogP contribution in [0.3, 0.4) is 0 Å². The number of rotatable bonds is 4. The number of amides is 1. The van der Waals surface area contributed by atoms with Crippen LogP contribution in [0.5, 0.6) is 5.75 Å². The van der Waals surface area contributed by atoms with Gasteiger partial charge in [-0.1, -0.05) is 18.2 Å². The maximum absolute atomic E-state index is 12.7. The third-order valence-electron chi connectivity index (χ3n) is 4.70. The van der Waals surface area contributed by atoms with Crippen LogP contribution in [-0.4, -0.2) is 13.0 Å². The first kappa shape index (κ1) is 18.7. The van der Waals surface area contributed by atoms with E-state index in [0.29, 0.717) is 6.54 Å². The lowest BCUT2D eigenvalue weighted by Crippen LogP contribution is -2.22. The summed E-state index contributed by atoms with van der Waals surface area (Å²) in [6.07, 6.45) is 0. The Morgan fingerprint density at radius 3 is 2.81 bits per heavy atom. The number of nitrogens with one attached hydrogen (secondary N) is 2. The van der Waals surface area contributed by atoms with E-state index in [1.165, 1.54) is 22.5 Å². The molecule has 0 saturated heterocycles. The molecule has 1 aromatic heterocycles. The monoisotopic (exact) mass is 388 g/mol. The van der Waals surface area contributed by atoms with Gasteiger partial charge < -0.3 is 15.4 Å². The molecular weight excluding hydrogens is 368 g/mol. The predicted octanol–water partition coefficient (Wildman–Crippen LogP) is 4.17. The number of aryl methyl sites for hydroxylation is 1. The third kappa shape index (κ3) is 3.43. The molecule has 2 aromatic carbocycles. The van der Waals surface area contributed by atoms with Crippen LogP contribution in [0.25, 0.3) is 10.1 Å². The van der Waals surface area contributed by atoms with Crippen molar-refractivity contribution in [3.63, 3.8) is 0 Å². The molecule has 0 atom stereocenters. The summed E-state index contributed by atoms with van der Waals surface area (Å²) in [5.74, 6) is 0.795. The summed E-state index contributed by atoms with van der Waals surface area (Å²) >= 11 is 1.53. The van der Waals surface area contributed by atoms with E-state index in [1.807, 2.05) is 25.1 Å². The van der Waals surface area contributed by atoms with Gasteiger partial charge >= 0.3 is 0 Å². The Hall–Kier alpha value is -2.08. The zero-order valence-electron chi connectivity index (χ0n) is 14.7. The topological polar surface area (TPSA) is 50.4 Å². The van der Waals surface area contributed by atoms with Crippen molar-refractivity contribution in [1.29, 1.82) is 0 Å². The molecule has 6 heteroatoms. The van der Waals surface area contributed by atoms with Crippen molar-refractivity contribution in [1.82, 2.24) is 10.6 Å². The molecule has 2 heterocycles. The van der Waals surface area contributed by atoms with E-state index in [2.05, 4.69) is 28.8 Å². The van der Waals surface area contributed by atoms with Gasteiger partial charge in [0.25, 0.3) is 5.91 Å². The molecule has 0 unspecified atom stereocenters. The van der Waals surface area contributed by atoms with Crippen molar-refractivity contribution < 1.29 is 9.53 Å². The standard InChI is InChI=1S/C20H20N2O2S.ClH/c1-12-17-8-16(24-2)5-6-18(17)25-19(12)20(23)22-9-13-3-4-14-10-21-11-15(14)7-13;/h3-8,21H,9-11H2,1-2H3,(H,22,23);1H. The molecule has 1 aliphatic rings. The highest BCUT2D eigenvalue weighted by Gasteiger charge is 2.16. The van der Waals surface area contributed by atoms with Crippen molar-refractivity contribution in [2.75, 3.05) is 7.11 Å². The average Bonchev–Trinajstić information content (AvgIpc) is 3.23. The number of benzene rings is 2. The number of hydrogen-bond donors (Lipinski definition) is 2. The summed E-state index contributed by atoms with van der Waals surface area (Å²) in [5.41, 5.74) is 4.83. The highest BCUT2D eigenvalue weighted by atomic mass is 35.5. The Morgan fingerprint density at radius 2 is 2.00 bits per heavy atom. The largest absolute Gasteiger partial charge is 0.497 e. The maximum Gasteiger partial charge on any atom is 0.261 e. The molecule has 0 bridgehead atoms. The number of carbonyl (C=O) groups is 1. The van der Waals surface area contributed by atoms with Gasteiger partial charge in [-0.2, -0.15) is 0 Å². The number of halogens is 1. The van der Waals surface area contributed by atoms with E-state index < -0.39 is 0 Å². The van der Waals surface area contributed by atoms with Gasteiger partial charge in [0.2, 0.25) is 0 Å². The summed E-state index contributed by atoms with van der Waals surface area (Å²) < 4.78 is 6.39. The van der Waals surface area contributed by atoms with Crippen LogP contribution >= 0.6 is 23.7 Å². The maximum atomic E-state index is 12.7. The molecule has 2 N–H and O–H groups in total. The predicted molar refractivity (Wildman–Crippen MR) is 109 cm³/mol. The smallest absolute Gasteiger partial charge is 0.261 e. The molecule has 0 radical (unpaired) electrons. The van der Waals surface area contributed by atoms with E-state index in [4.69, 9.17) is 4.74 Å². The van der Waals surface area contributed by atoms with Crippen molar-refractivity contribution in [2.45, 2.75) is 26.6 Å². The number of ether oxygens (including phenoxy) is 1. The summed E-state index contributed by atoms with van der Waals surface area (Å²) in [7, 11) is 1.66. The van der Waals surface area contributed by atoms with Crippen LogP contribution in [0.4, 0.5) is 0 Å². The Labute approximate surface area is 163 Å². The van der Waals surface area contributed by atoms with Crippen molar-refractivity contribution >= 4 is 39.7 Å². The minimum Gasteiger partial charge on any atom is -0.497 e. The van der Waals surface area contributed by atoms with Crippen molar-refractivity contribution in [3.8, 4) is 5.75 Å². The quantitative estimate of drug-likeness (QED) is 0.705. The first-order chi connectivity index (χ1) is 12.2. The van der Waals surface area contributed by atoms with Crippen LogP contribution in [-0.2, 0) is 19.6 Å². The molecule has 1 aliphatic heterocycles. The summed E-state index contributed by atoms with van der Waals surface area (Å²) in [6, 6.07) is 12.3. The van der Waals surface area contributed by atoms with E-state index in [9.17, 15) is 4.79 Å². The molecule has 136 valence electrons. The van der Waals surface area contributed by atoms with Crippen molar-refractivity contribution in [3.05, 3.63) is 63.5 Å². The van der Waals surface area contributed by atoms with E-state index in [0.717, 1.165) is 44.9 Å². The van der Waals surface area contributed by atoms with Crippen LogP contribution in [0.15, 0.2) is 36.4 Å². The molecule has 0 spiro atoms. The van der Waals surface area contributed by atoms with E-state index in [1.54, 1.807) is 7.11 Å². The Kier molecular flexibility index (Phi) is 5.51. The molecule has 4 rings (SSSR count). The lowest BCUT2D eigenvalue weighted by molar-refractivity contribution is 0.0954. The zero-order valence-corrected chi connectivity index (χ0v) is 16.4. The van der Waals surface area contributed by atoms with E-state index in [-0.39, 0.29) is 18.3 Å². The fourth-order valence-electron chi connectivity index (χ4n) is 3.26. The van der Waals surface area contributed by atoms with Gasteiger partial charge in [-0.25, -0.2) is 0 Å². The SMILES string of the molecule is COc1ccc2sc(C(=O)NCc3ccc4c(c3)CNC4)c(C)c2c1.Cl. The summed E-state index contributed by atoms with van der Waals surface area (Å²) in [4.78, 5) is 13.4. The number of fused-ring (bicyclic) bond motifs is 2. The van der Waals surface area contributed by atoms with Gasteiger partial charge in [-0.05, 0) is 52.8 Å². The van der Waals surface area contributed by atoms with Crippen LogP contribution < -0.4 is 15.4 Å². The third-order valence-corrected chi connectivity index (χ3v) is 5.98. The molecule has 4 nitrogen and oxygen atoms in total. The number of methoxy groups -OCH3 is 1. The molecule has 0 fully saturated rings. The normalized spacial score (nSPS) is 12.5. The second kappa shape index (κ2) is 7.66. The van der Waals surface area contributed by atoms with Crippen LogP contribution in [0, 0.1) is 6.92 Å². The zero-order chi connectivity index (χ0) is 17.4. The molecular formula is C20H21ClN2O2S. The highest BCUT2D eigenvalue weighted by molar-refractivity contribution is 7.21. The Morgan fingerprint density at radius 1 is 1.19 bits per heavy atom. The molecule has 0 aliphatic carbocycles. The summed E-state index contributed by atoms with van der Waals surface area (Å²) in [6.45, 7) is 4.39. The van der Waals surface area contributed by atoms with Gasteiger partial charge in [0.15, 0.2) is 0 Å². The minimum absolute atomic E-state index is 0. The molecule has 3 aromatic rings. The first-order valence-electron chi connectivity index (χ1n) is 8.32. The number of carbonyl (C=O) groups excluding carboxylic acids is 1. The first-order valence-corrected chi connectivity index (χ1v) is 9.14. The molecule has 0 saturated carbocycles. The van der Waals surface area contributed by atoms with Gasteiger partial charge in [-0.3, -0.25) is 4.79 Å². The van der Waals surface area contributed by atoms with Gasteiger partial charge in [0, 0.05) is 24.3 Å². The lowest BCUT2D eigenvalue weighted by Gasteiger charge is -2.07. The fourth-order valence-corrected chi connectivity index (χ4v) is 4.37. The molecule has 1 amide bonds. The van der Waals surface area contributed by atoms with E-state index >= 15 is 0 Å². The Bertz CT molecular complexity index is 968. The Balaban J connectivity index is 0.00000196. The second-order valence-electron chi connectivity index (χ2n) is 6.31. The lowest BCUT2D eigenvalue weighted by atomic mass is 10.1. The van der Waals surface area contributed by atoms with Gasteiger partial charge in [0.1, 0.15) is 5.75 Å². The fraction of sp³-hybridized carbons (Fsp3) is 0.250. The summed E-state index contributed by atoms with van der Waals surface area (Å²) in [5, 5.41) is 7.48. The van der Waals surface area contributed by atoms with Gasteiger partial charge in [0.05, 0.1) is 12.0 Å². The van der Waals surface area contributed by atoms with Gasteiger partial charge in [-0.15, -0.1) is 23.7 Å². The number of thiophene rings is 1. The van der Waals surface area contributed by atoms with Crippen LogP contribution in [0.1, 0.15) is 31.9 Å². The number of hydrogen-bond acceptors (Lipinski definition) is 4.